The summed E-state index contributed by atoms with van der Waals surface area (Å²) in [5.74, 6) is 0. The van der Waals surface area contributed by atoms with Crippen LogP contribution in [0.5, 0.6) is 0 Å². The Morgan fingerprint density at radius 1 is 1.04 bits per heavy atom. The first-order valence-corrected chi connectivity index (χ1v) is 9.73. The Morgan fingerprint density at radius 2 is 1.74 bits per heavy atom. The Hall–Kier alpha value is -2.05. The fourth-order valence-electron chi connectivity index (χ4n) is 2.32. The molecule has 0 radical (unpaired) electrons. The number of nitrogens with zero attached hydrogens (tertiary/aromatic N) is 1. The van der Waals surface area contributed by atoms with Crippen LogP contribution in [0.4, 0.5) is 0 Å². The summed E-state index contributed by atoms with van der Waals surface area (Å²) in [6.45, 7) is 2.15. The SMILES string of the molecule is CCCc1ccc(-c2ccc(S(=O)(=O)Nn3cccc3)s2)cc1. The lowest BCUT2D eigenvalue weighted by atomic mass is 10.1. The number of rotatable bonds is 6. The molecule has 4 nitrogen and oxygen atoms in total. The Bertz CT molecular complexity index is 864. The summed E-state index contributed by atoms with van der Waals surface area (Å²) in [7, 11) is -3.56. The van der Waals surface area contributed by atoms with Crippen LogP contribution in [0, 0.1) is 0 Å². The average molecular weight is 346 g/mol. The van der Waals surface area contributed by atoms with Crippen molar-refractivity contribution in [2.24, 2.45) is 0 Å². The number of hydrogen-bond acceptors (Lipinski definition) is 3. The van der Waals surface area contributed by atoms with Crippen LogP contribution in [0.2, 0.25) is 0 Å². The van der Waals surface area contributed by atoms with E-state index in [1.54, 1.807) is 30.6 Å². The molecule has 2 aromatic heterocycles. The normalized spacial score (nSPS) is 11.5. The minimum absolute atomic E-state index is 0.304. The summed E-state index contributed by atoms with van der Waals surface area (Å²) in [4.78, 5) is 3.45. The summed E-state index contributed by atoms with van der Waals surface area (Å²) in [5.41, 5.74) is 2.34. The molecule has 0 amide bonds. The van der Waals surface area contributed by atoms with Gasteiger partial charge < -0.3 is 0 Å². The van der Waals surface area contributed by atoms with E-state index >= 15 is 0 Å². The lowest BCUT2D eigenvalue weighted by molar-refractivity contribution is 0.597. The van der Waals surface area contributed by atoms with Crippen LogP contribution in [0.15, 0.2) is 65.1 Å². The van der Waals surface area contributed by atoms with Crippen LogP contribution in [0.3, 0.4) is 0 Å². The van der Waals surface area contributed by atoms with Gasteiger partial charge in [-0.2, -0.15) is 8.42 Å². The molecule has 6 heteroatoms. The molecule has 3 aromatic rings. The van der Waals surface area contributed by atoms with E-state index in [0.29, 0.717) is 4.21 Å². The van der Waals surface area contributed by atoms with Gasteiger partial charge in [-0.25, -0.2) is 4.83 Å². The van der Waals surface area contributed by atoms with Crippen LogP contribution < -0.4 is 4.83 Å². The van der Waals surface area contributed by atoms with Gasteiger partial charge >= 0.3 is 0 Å². The third kappa shape index (κ3) is 3.65. The molecule has 1 N–H and O–H groups in total. The van der Waals surface area contributed by atoms with Crippen LogP contribution >= 0.6 is 11.3 Å². The monoisotopic (exact) mass is 346 g/mol. The van der Waals surface area contributed by atoms with Crippen molar-refractivity contribution in [2.45, 2.75) is 24.0 Å². The van der Waals surface area contributed by atoms with E-state index in [-0.39, 0.29) is 0 Å². The Balaban J connectivity index is 1.82. The quantitative estimate of drug-likeness (QED) is 0.730. The van der Waals surface area contributed by atoms with Gasteiger partial charge in [0.15, 0.2) is 0 Å². The smallest absolute Gasteiger partial charge is 0.261 e. The zero-order valence-electron chi connectivity index (χ0n) is 12.8. The molecule has 3 rings (SSSR count). The second kappa shape index (κ2) is 6.60. The van der Waals surface area contributed by atoms with Crippen LogP contribution in [0.25, 0.3) is 10.4 Å². The standard InChI is InChI=1S/C17H18N2O2S2/c1-2-5-14-6-8-15(9-7-14)16-10-11-17(22-16)23(20,21)18-19-12-3-4-13-19/h3-4,6-13,18H,2,5H2,1H3. The van der Waals surface area contributed by atoms with E-state index < -0.39 is 10.0 Å². The van der Waals surface area contributed by atoms with Gasteiger partial charge in [0.25, 0.3) is 10.0 Å². The summed E-state index contributed by atoms with van der Waals surface area (Å²) in [6, 6.07) is 15.3. The summed E-state index contributed by atoms with van der Waals surface area (Å²) < 4.78 is 26.5. The van der Waals surface area contributed by atoms with Crippen molar-refractivity contribution in [1.82, 2.24) is 4.68 Å². The maximum Gasteiger partial charge on any atom is 0.284 e. The van der Waals surface area contributed by atoms with Crippen LogP contribution in [0.1, 0.15) is 18.9 Å². The van der Waals surface area contributed by atoms with Gasteiger partial charge in [0.1, 0.15) is 4.21 Å². The van der Waals surface area contributed by atoms with E-state index in [2.05, 4.69) is 23.9 Å². The fraction of sp³-hybridized carbons (Fsp3) is 0.176. The highest BCUT2D eigenvalue weighted by Gasteiger charge is 2.17. The van der Waals surface area contributed by atoms with Gasteiger partial charge in [0.05, 0.1) is 0 Å². The first kappa shape index (κ1) is 15.8. The predicted molar refractivity (Wildman–Crippen MR) is 94.7 cm³/mol. The number of hydrogen-bond donors (Lipinski definition) is 1. The van der Waals surface area contributed by atoms with Gasteiger partial charge in [-0.1, -0.05) is 37.6 Å². The molecular weight excluding hydrogens is 328 g/mol. The number of aromatic nitrogens is 1. The van der Waals surface area contributed by atoms with E-state index in [1.807, 2.05) is 18.2 Å². The van der Waals surface area contributed by atoms with Gasteiger partial charge in [-0.05, 0) is 41.8 Å². The van der Waals surface area contributed by atoms with Crippen molar-refractivity contribution in [2.75, 3.05) is 4.83 Å². The van der Waals surface area contributed by atoms with Crippen LogP contribution in [-0.2, 0) is 16.4 Å². The summed E-state index contributed by atoms with van der Waals surface area (Å²) >= 11 is 1.27. The molecule has 0 unspecified atom stereocenters. The lowest BCUT2D eigenvalue weighted by Gasteiger charge is -2.06. The van der Waals surface area contributed by atoms with E-state index in [0.717, 1.165) is 23.3 Å². The highest BCUT2D eigenvalue weighted by Crippen LogP contribution is 2.31. The predicted octanol–water partition coefficient (Wildman–Crippen LogP) is 4.10. The molecule has 0 saturated heterocycles. The Kier molecular flexibility index (Phi) is 4.54. The highest BCUT2D eigenvalue weighted by atomic mass is 32.2. The Morgan fingerprint density at radius 3 is 2.39 bits per heavy atom. The van der Waals surface area contributed by atoms with Gasteiger partial charge in [0.2, 0.25) is 0 Å². The van der Waals surface area contributed by atoms with Gasteiger partial charge in [0, 0.05) is 17.3 Å². The number of aryl methyl sites for hydroxylation is 1. The number of benzene rings is 1. The van der Waals surface area contributed by atoms with Gasteiger partial charge in [-0.15, -0.1) is 11.3 Å². The molecule has 0 saturated carbocycles. The van der Waals surface area contributed by atoms with Crippen molar-refractivity contribution in [3.63, 3.8) is 0 Å². The molecule has 1 aromatic carbocycles. The molecule has 120 valence electrons. The molecule has 0 bridgehead atoms. The second-order valence-corrected chi connectivity index (χ2v) is 8.22. The molecule has 0 aliphatic heterocycles. The van der Waals surface area contributed by atoms with E-state index in [9.17, 15) is 8.42 Å². The fourth-order valence-corrected chi connectivity index (χ4v) is 4.62. The molecular formula is C17H18N2O2S2. The minimum atomic E-state index is -3.56. The second-order valence-electron chi connectivity index (χ2n) is 5.25. The zero-order chi connectivity index (χ0) is 16.3. The first-order valence-electron chi connectivity index (χ1n) is 7.43. The summed E-state index contributed by atoms with van der Waals surface area (Å²) in [6.07, 6.45) is 5.48. The molecule has 23 heavy (non-hydrogen) atoms. The van der Waals surface area contributed by atoms with Gasteiger partial charge in [-0.3, -0.25) is 4.68 Å². The van der Waals surface area contributed by atoms with Crippen molar-refractivity contribution in [3.05, 3.63) is 66.5 Å². The number of thiophene rings is 1. The minimum Gasteiger partial charge on any atom is -0.261 e. The topological polar surface area (TPSA) is 51.1 Å². The summed E-state index contributed by atoms with van der Waals surface area (Å²) in [5, 5.41) is 0. The maximum atomic E-state index is 12.4. The molecule has 0 spiro atoms. The van der Waals surface area contributed by atoms with Crippen molar-refractivity contribution < 1.29 is 8.42 Å². The van der Waals surface area contributed by atoms with Crippen molar-refractivity contribution >= 4 is 21.4 Å². The first-order chi connectivity index (χ1) is 11.1. The third-order valence-corrected chi connectivity index (χ3v) is 6.41. The lowest BCUT2D eigenvalue weighted by Crippen LogP contribution is -2.20. The number of sulfonamides is 1. The molecule has 0 aliphatic rings. The van der Waals surface area contributed by atoms with E-state index in [4.69, 9.17) is 0 Å². The van der Waals surface area contributed by atoms with Crippen LogP contribution in [-0.4, -0.2) is 13.1 Å². The maximum absolute atomic E-state index is 12.4. The molecule has 0 aliphatic carbocycles. The number of nitrogens with one attached hydrogen (secondary N) is 1. The van der Waals surface area contributed by atoms with Crippen molar-refractivity contribution in [1.29, 1.82) is 0 Å². The zero-order valence-corrected chi connectivity index (χ0v) is 14.4. The largest absolute Gasteiger partial charge is 0.284 e. The molecule has 0 fully saturated rings. The molecule has 0 atom stereocenters. The van der Waals surface area contributed by atoms with E-state index in [1.165, 1.54) is 21.6 Å². The average Bonchev–Trinajstić information content (AvgIpc) is 3.19. The highest BCUT2D eigenvalue weighted by molar-refractivity contribution is 7.94. The Labute approximate surface area is 140 Å². The van der Waals surface area contributed by atoms with Crippen molar-refractivity contribution in [3.8, 4) is 10.4 Å². The molecule has 2 heterocycles. The third-order valence-electron chi connectivity index (χ3n) is 3.45.